The molecule has 0 heterocycles. The first-order valence-electron chi connectivity index (χ1n) is 4.73. The van der Waals surface area contributed by atoms with Crippen molar-refractivity contribution < 1.29 is 14.9 Å². The number of aliphatic hydroxyl groups is 2. The van der Waals surface area contributed by atoms with E-state index in [0.717, 1.165) is 5.56 Å². The molecule has 84 valence electrons. The molecule has 3 nitrogen and oxygen atoms in total. The number of aryl methyl sites for hydroxylation is 1. The maximum absolute atomic E-state index is 9.17. The van der Waals surface area contributed by atoms with Crippen LogP contribution in [0.15, 0.2) is 12.1 Å². The molecular formula is C11H15ClO3. The lowest BCUT2D eigenvalue weighted by Crippen LogP contribution is -2.00. The Morgan fingerprint density at radius 3 is 2.07 bits per heavy atom. The van der Waals surface area contributed by atoms with E-state index in [9.17, 15) is 0 Å². The summed E-state index contributed by atoms with van der Waals surface area (Å²) in [6, 6.07) is 3.70. The second kappa shape index (κ2) is 5.95. The standard InChI is InChI=1S/C11H15ClO3/c1-15-11-9(6-13)4-8(2-3-12)5-10(11)7-14/h4-5,13-14H,2-3,6-7H2,1H3. The molecule has 0 aliphatic carbocycles. The molecule has 1 aromatic rings. The van der Waals surface area contributed by atoms with E-state index < -0.39 is 0 Å². The number of rotatable bonds is 5. The van der Waals surface area contributed by atoms with E-state index in [0.29, 0.717) is 29.2 Å². The van der Waals surface area contributed by atoms with Gasteiger partial charge >= 0.3 is 0 Å². The molecule has 0 fully saturated rings. The minimum Gasteiger partial charge on any atom is -0.496 e. The Hall–Kier alpha value is -0.770. The van der Waals surface area contributed by atoms with Gasteiger partial charge in [-0.1, -0.05) is 0 Å². The highest BCUT2D eigenvalue weighted by atomic mass is 35.5. The fourth-order valence-corrected chi connectivity index (χ4v) is 1.80. The number of alkyl halides is 1. The predicted octanol–water partition coefficient (Wildman–Crippen LogP) is 1.46. The van der Waals surface area contributed by atoms with Crippen LogP contribution in [-0.2, 0) is 19.6 Å². The summed E-state index contributed by atoms with van der Waals surface area (Å²) in [6.07, 6.45) is 0.714. The predicted molar refractivity (Wildman–Crippen MR) is 59.3 cm³/mol. The summed E-state index contributed by atoms with van der Waals surface area (Å²) in [4.78, 5) is 0. The van der Waals surface area contributed by atoms with E-state index in [-0.39, 0.29) is 13.2 Å². The average molecular weight is 231 g/mol. The third-order valence-electron chi connectivity index (χ3n) is 2.23. The second-order valence-corrected chi connectivity index (χ2v) is 3.58. The van der Waals surface area contributed by atoms with Gasteiger partial charge in [-0.3, -0.25) is 0 Å². The fourth-order valence-electron chi connectivity index (χ4n) is 1.58. The Kier molecular flexibility index (Phi) is 4.88. The third kappa shape index (κ3) is 2.84. The van der Waals surface area contributed by atoms with Crippen LogP contribution in [0.5, 0.6) is 5.75 Å². The molecule has 0 bridgehead atoms. The van der Waals surface area contributed by atoms with Crippen LogP contribution in [0.3, 0.4) is 0 Å². The summed E-state index contributed by atoms with van der Waals surface area (Å²) in [7, 11) is 1.52. The van der Waals surface area contributed by atoms with Gasteiger partial charge in [-0.05, 0) is 24.1 Å². The van der Waals surface area contributed by atoms with Crippen molar-refractivity contribution in [2.24, 2.45) is 0 Å². The van der Waals surface area contributed by atoms with Crippen molar-refractivity contribution in [2.45, 2.75) is 19.6 Å². The zero-order valence-electron chi connectivity index (χ0n) is 8.66. The monoisotopic (exact) mass is 230 g/mol. The molecule has 4 heteroatoms. The van der Waals surface area contributed by atoms with Crippen LogP contribution in [0.1, 0.15) is 16.7 Å². The van der Waals surface area contributed by atoms with Crippen LogP contribution in [0, 0.1) is 0 Å². The summed E-state index contributed by atoms with van der Waals surface area (Å²) >= 11 is 5.64. The molecular weight excluding hydrogens is 216 g/mol. The molecule has 0 saturated heterocycles. The Bertz CT molecular complexity index is 301. The van der Waals surface area contributed by atoms with Crippen LogP contribution >= 0.6 is 11.6 Å². The average Bonchev–Trinajstić information content (AvgIpc) is 2.28. The second-order valence-electron chi connectivity index (χ2n) is 3.20. The molecule has 0 radical (unpaired) electrons. The van der Waals surface area contributed by atoms with Gasteiger partial charge in [-0.2, -0.15) is 0 Å². The summed E-state index contributed by atoms with van der Waals surface area (Å²) < 4.78 is 5.14. The third-order valence-corrected chi connectivity index (χ3v) is 2.42. The number of hydrogen-bond acceptors (Lipinski definition) is 3. The molecule has 0 aromatic heterocycles. The lowest BCUT2D eigenvalue weighted by molar-refractivity contribution is 0.260. The first kappa shape index (κ1) is 12.3. The van der Waals surface area contributed by atoms with Gasteiger partial charge in [0.2, 0.25) is 0 Å². The zero-order valence-corrected chi connectivity index (χ0v) is 9.42. The van der Waals surface area contributed by atoms with Crippen LogP contribution in [-0.4, -0.2) is 23.2 Å². The number of ether oxygens (including phenoxy) is 1. The molecule has 0 aliphatic rings. The van der Waals surface area contributed by atoms with Crippen molar-refractivity contribution in [2.75, 3.05) is 13.0 Å². The van der Waals surface area contributed by atoms with Gasteiger partial charge in [-0.15, -0.1) is 11.6 Å². The number of aliphatic hydroxyl groups excluding tert-OH is 2. The minimum absolute atomic E-state index is 0.105. The van der Waals surface area contributed by atoms with Crippen molar-refractivity contribution in [3.05, 3.63) is 28.8 Å². The smallest absolute Gasteiger partial charge is 0.129 e. The van der Waals surface area contributed by atoms with Gasteiger partial charge in [-0.25, -0.2) is 0 Å². The lowest BCUT2D eigenvalue weighted by atomic mass is 10.0. The quantitative estimate of drug-likeness (QED) is 0.753. The number of methoxy groups -OCH3 is 1. The molecule has 2 N–H and O–H groups in total. The van der Waals surface area contributed by atoms with E-state index >= 15 is 0 Å². The molecule has 0 saturated carbocycles. The van der Waals surface area contributed by atoms with Gasteiger partial charge in [0.05, 0.1) is 20.3 Å². The van der Waals surface area contributed by atoms with Crippen molar-refractivity contribution in [3.8, 4) is 5.75 Å². The van der Waals surface area contributed by atoms with E-state index in [1.165, 1.54) is 7.11 Å². The Balaban J connectivity index is 3.16. The van der Waals surface area contributed by atoms with Crippen molar-refractivity contribution in [1.82, 2.24) is 0 Å². The fraction of sp³-hybridized carbons (Fsp3) is 0.455. The summed E-state index contributed by atoms with van der Waals surface area (Å²) in [6.45, 7) is -0.210. The number of halogens is 1. The first-order valence-corrected chi connectivity index (χ1v) is 5.26. The molecule has 0 unspecified atom stereocenters. The van der Waals surface area contributed by atoms with Crippen LogP contribution in [0.4, 0.5) is 0 Å². The summed E-state index contributed by atoms with van der Waals surface area (Å²) in [5.74, 6) is 1.07. The number of hydrogen-bond donors (Lipinski definition) is 2. The van der Waals surface area contributed by atoms with Gasteiger partial charge in [0.15, 0.2) is 0 Å². The molecule has 1 aromatic carbocycles. The van der Waals surface area contributed by atoms with E-state index in [1.54, 1.807) is 0 Å². The van der Waals surface area contributed by atoms with Crippen LogP contribution in [0.2, 0.25) is 0 Å². The molecule has 0 aliphatic heterocycles. The summed E-state index contributed by atoms with van der Waals surface area (Å²) in [5, 5.41) is 18.3. The highest BCUT2D eigenvalue weighted by Gasteiger charge is 2.10. The van der Waals surface area contributed by atoms with Gasteiger partial charge in [0, 0.05) is 17.0 Å². The maximum Gasteiger partial charge on any atom is 0.129 e. The largest absolute Gasteiger partial charge is 0.496 e. The normalized spacial score (nSPS) is 10.4. The molecule has 0 atom stereocenters. The SMILES string of the molecule is COc1c(CO)cc(CCCl)cc1CO. The molecule has 0 spiro atoms. The maximum atomic E-state index is 9.17. The van der Waals surface area contributed by atoms with E-state index in [1.807, 2.05) is 12.1 Å². The molecule has 1 rings (SSSR count). The zero-order chi connectivity index (χ0) is 11.3. The highest BCUT2D eigenvalue weighted by Crippen LogP contribution is 2.26. The Morgan fingerprint density at radius 2 is 1.73 bits per heavy atom. The highest BCUT2D eigenvalue weighted by molar-refractivity contribution is 6.17. The topological polar surface area (TPSA) is 49.7 Å². The van der Waals surface area contributed by atoms with Crippen molar-refractivity contribution >= 4 is 11.6 Å². The van der Waals surface area contributed by atoms with Crippen LogP contribution < -0.4 is 4.74 Å². The lowest BCUT2D eigenvalue weighted by Gasteiger charge is -2.13. The van der Waals surface area contributed by atoms with Gasteiger partial charge in [0.1, 0.15) is 5.75 Å². The van der Waals surface area contributed by atoms with Gasteiger partial charge < -0.3 is 14.9 Å². The Labute approximate surface area is 94.3 Å². The van der Waals surface area contributed by atoms with Crippen molar-refractivity contribution in [3.63, 3.8) is 0 Å². The van der Waals surface area contributed by atoms with E-state index in [2.05, 4.69) is 0 Å². The van der Waals surface area contributed by atoms with E-state index in [4.69, 9.17) is 26.6 Å². The Morgan fingerprint density at radius 1 is 1.20 bits per heavy atom. The molecule has 0 amide bonds. The number of benzene rings is 1. The molecule has 15 heavy (non-hydrogen) atoms. The summed E-state index contributed by atoms with van der Waals surface area (Å²) in [5.41, 5.74) is 2.37. The van der Waals surface area contributed by atoms with Gasteiger partial charge in [0.25, 0.3) is 0 Å². The first-order chi connectivity index (χ1) is 7.26. The van der Waals surface area contributed by atoms with Crippen LogP contribution in [0.25, 0.3) is 0 Å². The van der Waals surface area contributed by atoms with Crippen molar-refractivity contribution in [1.29, 1.82) is 0 Å². The minimum atomic E-state index is -0.105.